The molecule has 3 rings (SSSR count). The van der Waals surface area contributed by atoms with Crippen LogP contribution in [0.3, 0.4) is 0 Å². The molecule has 0 aromatic heterocycles. The lowest BCUT2D eigenvalue weighted by atomic mass is 9.96. The maximum atomic E-state index is 12.6. The van der Waals surface area contributed by atoms with Gasteiger partial charge < -0.3 is 15.4 Å². The summed E-state index contributed by atoms with van der Waals surface area (Å²) in [7, 11) is 0. The van der Waals surface area contributed by atoms with E-state index in [1.807, 2.05) is 30.3 Å². The standard InChI is InChI=1S/C23H27N3O4/c1-16(21(27)26-23(29)25-18-12-6-3-7-13-18)30-22(28)19-14-8-9-15-20(19)24-17-10-4-2-5-11-17/h2,4-5,8-11,14-16,18,24H,3,6-7,12-13H2,1H3,(H2,25,26,27,29)/t16-/m1/s1. The van der Waals surface area contributed by atoms with Gasteiger partial charge in [0.25, 0.3) is 5.91 Å². The van der Waals surface area contributed by atoms with Gasteiger partial charge in [-0.3, -0.25) is 10.1 Å². The lowest BCUT2D eigenvalue weighted by molar-refractivity contribution is -0.127. The van der Waals surface area contributed by atoms with Crippen molar-refractivity contribution in [1.29, 1.82) is 0 Å². The first kappa shape index (κ1) is 21.4. The summed E-state index contributed by atoms with van der Waals surface area (Å²) in [6, 6.07) is 15.8. The molecule has 0 saturated heterocycles. The fraction of sp³-hybridized carbons (Fsp3) is 0.348. The summed E-state index contributed by atoms with van der Waals surface area (Å²) in [4.78, 5) is 36.9. The molecule has 2 aromatic rings. The Morgan fingerprint density at radius 1 is 0.933 bits per heavy atom. The van der Waals surface area contributed by atoms with Crippen LogP contribution in [-0.2, 0) is 9.53 Å². The zero-order valence-corrected chi connectivity index (χ0v) is 17.0. The lowest BCUT2D eigenvalue weighted by Gasteiger charge is -2.23. The van der Waals surface area contributed by atoms with Crippen molar-refractivity contribution in [2.45, 2.75) is 51.2 Å². The van der Waals surface area contributed by atoms with Crippen molar-refractivity contribution in [2.24, 2.45) is 0 Å². The average Bonchev–Trinajstić information content (AvgIpc) is 2.75. The van der Waals surface area contributed by atoms with Gasteiger partial charge in [-0.25, -0.2) is 9.59 Å². The van der Waals surface area contributed by atoms with Crippen molar-refractivity contribution < 1.29 is 19.1 Å². The third-order valence-corrected chi connectivity index (χ3v) is 5.03. The lowest BCUT2D eigenvalue weighted by Crippen LogP contribution is -2.48. The van der Waals surface area contributed by atoms with Gasteiger partial charge in [-0.05, 0) is 44.0 Å². The Balaban J connectivity index is 1.56. The number of carbonyl (C=O) groups is 3. The monoisotopic (exact) mass is 409 g/mol. The molecule has 0 spiro atoms. The average molecular weight is 409 g/mol. The van der Waals surface area contributed by atoms with Crippen molar-refractivity contribution in [2.75, 3.05) is 5.32 Å². The highest BCUT2D eigenvalue weighted by Gasteiger charge is 2.23. The van der Waals surface area contributed by atoms with E-state index in [9.17, 15) is 14.4 Å². The van der Waals surface area contributed by atoms with Gasteiger partial charge in [-0.15, -0.1) is 0 Å². The molecule has 0 aliphatic heterocycles. The molecular formula is C23H27N3O4. The van der Waals surface area contributed by atoms with Gasteiger partial charge in [-0.2, -0.15) is 0 Å². The molecule has 7 nitrogen and oxygen atoms in total. The number of para-hydroxylation sites is 2. The zero-order valence-electron chi connectivity index (χ0n) is 17.0. The largest absolute Gasteiger partial charge is 0.449 e. The Labute approximate surface area is 176 Å². The van der Waals surface area contributed by atoms with Crippen molar-refractivity contribution in [3.05, 3.63) is 60.2 Å². The van der Waals surface area contributed by atoms with Gasteiger partial charge >= 0.3 is 12.0 Å². The predicted octanol–water partition coefficient (Wildman–Crippen LogP) is 4.13. The van der Waals surface area contributed by atoms with Gasteiger partial charge in [0.1, 0.15) is 0 Å². The first-order valence-corrected chi connectivity index (χ1v) is 10.3. The maximum Gasteiger partial charge on any atom is 0.341 e. The van der Waals surface area contributed by atoms with Crippen LogP contribution in [0.25, 0.3) is 0 Å². The number of carbonyl (C=O) groups excluding carboxylic acids is 3. The molecule has 0 radical (unpaired) electrons. The molecule has 1 atom stereocenters. The van der Waals surface area contributed by atoms with E-state index in [1.165, 1.54) is 13.3 Å². The number of ether oxygens (including phenoxy) is 1. The number of esters is 1. The molecule has 3 N–H and O–H groups in total. The normalized spacial score (nSPS) is 15.0. The minimum atomic E-state index is -1.11. The van der Waals surface area contributed by atoms with E-state index in [1.54, 1.807) is 24.3 Å². The smallest absolute Gasteiger partial charge is 0.341 e. The van der Waals surface area contributed by atoms with Crippen LogP contribution in [-0.4, -0.2) is 30.1 Å². The Morgan fingerprint density at radius 2 is 1.60 bits per heavy atom. The van der Waals surface area contributed by atoms with Crippen LogP contribution >= 0.6 is 0 Å². The van der Waals surface area contributed by atoms with Crippen LogP contribution in [0.15, 0.2) is 54.6 Å². The van der Waals surface area contributed by atoms with E-state index in [-0.39, 0.29) is 6.04 Å². The molecule has 1 fully saturated rings. The van der Waals surface area contributed by atoms with E-state index in [0.717, 1.165) is 31.4 Å². The second-order valence-corrected chi connectivity index (χ2v) is 7.38. The summed E-state index contributed by atoms with van der Waals surface area (Å²) in [5.41, 5.74) is 1.69. The van der Waals surface area contributed by atoms with E-state index in [2.05, 4.69) is 16.0 Å². The Hall–Kier alpha value is -3.35. The van der Waals surface area contributed by atoms with Gasteiger partial charge in [0.2, 0.25) is 0 Å². The second-order valence-electron chi connectivity index (χ2n) is 7.38. The highest BCUT2D eigenvalue weighted by molar-refractivity contribution is 6.00. The van der Waals surface area contributed by atoms with E-state index < -0.39 is 24.0 Å². The van der Waals surface area contributed by atoms with Crippen LogP contribution in [0, 0.1) is 0 Å². The Bertz CT molecular complexity index is 879. The number of benzene rings is 2. The fourth-order valence-electron chi connectivity index (χ4n) is 3.41. The molecule has 2 aromatic carbocycles. The number of amides is 3. The Morgan fingerprint density at radius 3 is 2.33 bits per heavy atom. The van der Waals surface area contributed by atoms with Crippen LogP contribution < -0.4 is 16.0 Å². The minimum Gasteiger partial charge on any atom is -0.449 e. The number of hydrogen-bond donors (Lipinski definition) is 3. The number of urea groups is 1. The molecule has 1 aliphatic carbocycles. The van der Waals surface area contributed by atoms with E-state index >= 15 is 0 Å². The van der Waals surface area contributed by atoms with E-state index in [0.29, 0.717) is 11.3 Å². The van der Waals surface area contributed by atoms with Crippen LogP contribution in [0.4, 0.5) is 16.2 Å². The molecule has 1 saturated carbocycles. The quantitative estimate of drug-likeness (QED) is 0.623. The summed E-state index contributed by atoms with van der Waals surface area (Å²) < 4.78 is 5.30. The highest BCUT2D eigenvalue weighted by atomic mass is 16.5. The van der Waals surface area contributed by atoms with Crippen molar-refractivity contribution in [1.82, 2.24) is 10.6 Å². The van der Waals surface area contributed by atoms with Crippen molar-refractivity contribution in [3.63, 3.8) is 0 Å². The molecule has 30 heavy (non-hydrogen) atoms. The van der Waals surface area contributed by atoms with Gasteiger partial charge in [0, 0.05) is 11.7 Å². The van der Waals surface area contributed by atoms with Gasteiger partial charge in [-0.1, -0.05) is 49.6 Å². The summed E-state index contributed by atoms with van der Waals surface area (Å²) in [5, 5.41) is 8.23. The number of nitrogens with one attached hydrogen (secondary N) is 3. The zero-order chi connectivity index (χ0) is 21.3. The predicted molar refractivity (Wildman–Crippen MR) is 115 cm³/mol. The summed E-state index contributed by atoms with van der Waals surface area (Å²) in [5.74, 6) is -1.31. The molecule has 0 bridgehead atoms. The number of rotatable bonds is 6. The molecule has 0 unspecified atom stereocenters. The number of hydrogen-bond acceptors (Lipinski definition) is 5. The Kier molecular flexibility index (Phi) is 7.43. The SMILES string of the molecule is C[C@@H](OC(=O)c1ccccc1Nc1ccccc1)C(=O)NC(=O)NC1CCCCC1. The highest BCUT2D eigenvalue weighted by Crippen LogP contribution is 2.22. The second kappa shape index (κ2) is 10.4. The summed E-state index contributed by atoms with van der Waals surface area (Å²) in [6.07, 6.45) is 4.03. The minimum absolute atomic E-state index is 0.0837. The molecular weight excluding hydrogens is 382 g/mol. The molecule has 7 heteroatoms. The van der Waals surface area contributed by atoms with Crippen molar-refractivity contribution in [3.8, 4) is 0 Å². The fourth-order valence-corrected chi connectivity index (χ4v) is 3.41. The summed E-state index contributed by atoms with van der Waals surface area (Å²) in [6.45, 7) is 1.44. The van der Waals surface area contributed by atoms with Gasteiger partial charge in [0.15, 0.2) is 6.10 Å². The third kappa shape index (κ3) is 6.07. The van der Waals surface area contributed by atoms with Crippen LogP contribution in [0.5, 0.6) is 0 Å². The third-order valence-electron chi connectivity index (χ3n) is 5.03. The molecule has 158 valence electrons. The summed E-state index contributed by atoms with van der Waals surface area (Å²) >= 11 is 0. The topological polar surface area (TPSA) is 96.5 Å². The van der Waals surface area contributed by atoms with E-state index in [4.69, 9.17) is 4.74 Å². The molecule has 1 aliphatic rings. The van der Waals surface area contributed by atoms with Crippen LogP contribution in [0.1, 0.15) is 49.4 Å². The van der Waals surface area contributed by atoms with Crippen molar-refractivity contribution >= 4 is 29.3 Å². The molecule has 3 amide bonds. The number of anilines is 2. The van der Waals surface area contributed by atoms with Gasteiger partial charge in [0.05, 0.1) is 11.3 Å². The molecule has 0 heterocycles. The first-order valence-electron chi connectivity index (χ1n) is 10.3. The van der Waals surface area contributed by atoms with Crippen LogP contribution in [0.2, 0.25) is 0 Å². The maximum absolute atomic E-state index is 12.6. The number of imide groups is 1. The first-order chi connectivity index (χ1) is 14.5.